The summed E-state index contributed by atoms with van der Waals surface area (Å²) in [6, 6.07) is 12.3. The maximum absolute atomic E-state index is 12.3. The highest BCUT2D eigenvalue weighted by Gasteiger charge is 2.33. The first kappa shape index (κ1) is 20.3. The standard InChI is InChI=1S/C22H23N5O4/c1-12-18(20(23)28)19(13-5-8-15(29-2)9-6-13)27-22(24-12)25-21(26-27)14-7-10-16(30-3)17(11-14)31-4/h5-11,19H,1-4H3,(H2,23,28)(H,24,25,26)/t19-/m1/s1. The van der Waals surface area contributed by atoms with E-state index >= 15 is 0 Å². The van der Waals surface area contributed by atoms with E-state index in [1.54, 1.807) is 45.1 Å². The summed E-state index contributed by atoms with van der Waals surface area (Å²) >= 11 is 0. The van der Waals surface area contributed by atoms with Crippen molar-refractivity contribution in [3.8, 4) is 28.6 Å². The lowest BCUT2D eigenvalue weighted by atomic mass is 9.95. The van der Waals surface area contributed by atoms with Crippen molar-refractivity contribution in [2.45, 2.75) is 13.0 Å². The molecule has 1 aliphatic rings. The summed E-state index contributed by atoms with van der Waals surface area (Å²) in [4.78, 5) is 17.0. The second kappa shape index (κ2) is 8.02. The molecule has 0 saturated carbocycles. The molecule has 2 aromatic carbocycles. The van der Waals surface area contributed by atoms with E-state index in [0.717, 1.165) is 11.1 Å². The number of primary amides is 1. The van der Waals surface area contributed by atoms with Crippen LogP contribution in [0.2, 0.25) is 0 Å². The maximum Gasteiger partial charge on any atom is 0.248 e. The van der Waals surface area contributed by atoms with Gasteiger partial charge in [0.05, 0.1) is 26.9 Å². The van der Waals surface area contributed by atoms with Gasteiger partial charge in [0.25, 0.3) is 0 Å². The molecule has 0 unspecified atom stereocenters. The SMILES string of the molecule is COc1ccc([C@@H]2C(C(N)=O)=C(C)Nc3nc(-c4ccc(OC)c(OC)c4)nn32)cc1. The van der Waals surface area contributed by atoms with Crippen molar-refractivity contribution in [2.24, 2.45) is 5.73 Å². The summed E-state index contributed by atoms with van der Waals surface area (Å²) in [6.07, 6.45) is 0. The fourth-order valence-electron chi connectivity index (χ4n) is 3.66. The molecule has 1 atom stereocenters. The molecule has 1 aromatic heterocycles. The number of hydrogen-bond acceptors (Lipinski definition) is 7. The summed E-state index contributed by atoms with van der Waals surface area (Å²) in [7, 11) is 4.75. The molecule has 31 heavy (non-hydrogen) atoms. The van der Waals surface area contributed by atoms with Crippen molar-refractivity contribution in [2.75, 3.05) is 26.6 Å². The van der Waals surface area contributed by atoms with Gasteiger partial charge in [0.15, 0.2) is 17.3 Å². The predicted molar refractivity (Wildman–Crippen MR) is 115 cm³/mol. The van der Waals surface area contributed by atoms with Gasteiger partial charge in [-0.25, -0.2) is 4.68 Å². The molecule has 0 saturated heterocycles. The van der Waals surface area contributed by atoms with E-state index in [-0.39, 0.29) is 0 Å². The van der Waals surface area contributed by atoms with Crippen molar-refractivity contribution >= 4 is 11.9 Å². The highest BCUT2D eigenvalue weighted by molar-refractivity contribution is 5.95. The van der Waals surface area contributed by atoms with E-state index in [2.05, 4.69) is 10.3 Å². The molecule has 0 radical (unpaired) electrons. The Morgan fingerprint density at radius 1 is 1.03 bits per heavy atom. The molecule has 3 aromatic rings. The third-order valence-corrected chi connectivity index (χ3v) is 5.19. The highest BCUT2D eigenvalue weighted by atomic mass is 16.5. The van der Waals surface area contributed by atoms with Crippen molar-refractivity contribution in [3.05, 3.63) is 59.3 Å². The summed E-state index contributed by atoms with van der Waals surface area (Å²) < 4.78 is 17.6. The first-order valence-electron chi connectivity index (χ1n) is 9.57. The minimum atomic E-state index is -0.528. The number of aromatic nitrogens is 3. The average Bonchev–Trinajstić information content (AvgIpc) is 3.21. The second-order valence-electron chi connectivity index (χ2n) is 6.98. The largest absolute Gasteiger partial charge is 0.497 e. The Morgan fingerprint density at radius 3 is 2.35 bits per heavy atom. The molecule has 9 heteroatoms. The second-order valence-corrected chi connectivity index (χ2v) is 6.98. The zero-order valence-corrected chi connectivity index (χ0v) is 17.7. The molecule has 4 rings (SSSR count). The quantitative estimate of drug-likeness (QED) is 0.629. The predicted octanol–water partition coefficient (Wildman–Crippen LogP) is 2.75. The number of nitrogens with two attached hydrogens (primary N) is 1. The number of allylic oxidation sites excluding steroid dienone is 1. The van der Waals surface area contributed by atoms with Gasteiger partial charge in [-0.15, -0.1) is 5.10 Å². The number of carbonyl (C=O) groups is 1. The third kappa shape index (κ3) is 3.54. The Kier molecular flexibility index (Phi) is 5.24. The van der Waals surface area contributed by atoms with Gasteiger partial charge in [0.1, 0.15) is 11.8 Å². The molecule has 1 aliphatic heterocycles. The van der Waals surface area contributed by atoms with Crippen LogP contribution in [0.4, 0.5) is 5.95 Å². The number of benzene rings is 2. The van der Waals surface area contributed by atoms with Crippen LogP contribution in [0.15, 0.2) is 53.7 Å². The minimum Gasteiger partial charge on any atom is -0.497 e. The number of methoxy groups -OCH3 is 3. The monoisotopic (exact) mass is 421 g/mol. The summed E-state index contributed by atoms with van der Waals surface area (Å²) in [5.74, 6) is 2.34. The number of nitrogens with zero attached hydrogens (tertiary/aromatic N) is 3. The lowest BCUT2D eigenvalue weighted by molar-refractivity contribution is -0.115. The van der Waals surface area contributed by atoms with Crippen molar-refractivity contribution < 1.29 is 19.0 Å². The van der Waals surface area contributed by atoms with Crippen LogP contribution in [-0.4, -0.2) is 42.0 Å². The smallest absolute Gasteiger partial charge is 0.248 e. The van der Waals surface area contributed by atoms with Gasteiger partial charge in [-0.05, 0) is 42.8 Å². The summed E-state index contributed by atoms with van der Waals surface area (Å²) in [5.41, 5.74) is 8.36. The fourth-order valence-corrected chi connectivity index (χ4v) is 3.66. The van der Waals surface area contributed by atoms with E-state index < -0.39 is 11.9 Å². The Hall–Kier alpha value is -4.01. The van der Waals surface area contributed by atoms with E-state index in [9.17, 15) is 4.79 Å². The van der Waals surface area contributed by atoms with Crippen LogP contribution in [0.1, 0.15) is 18.5 Å². The first-order valence-corrected chi connectivity index (χ1v) is 9.57. The molecular weight excluding hydrogens is 398 g/mol. The van der Waals surface area contributed by atoms with E-state index in [0.29, 0.717) is 40.3 Å². The zero-order chi connectivity index (χ0) is 22.1. The number of carbonyl (C=O) groups excluding carboxylic acids is 1. The molecule has 0 bridgehead atoms. The Labute approximate surface area is 179 Å². The Morgan fingerprint density at radius 2 is 1.74 bits per heavy atom. The van der Waals surface area contributed by atoms with Crippen LogP contribution in [0, 0.1) is 0 Å². The Bertz CT molecular complexity index is 1170. The van der Waals surface area contributed by atoms with Gasteiger partial charge >= 0.3 is 0 Å². The van der Waals surface area contributed by atoms with Gasteiger partial charge in [-0.2, -0.15) is 4.98 Å². The highest BCUT2D eigenvalue weighted by Crippen LogP contribution is 2.37. The molecular formula is C22H23N5O4. The number of hydrogen-bond donors (Lipinski definition) is 2. The topological polar surface area (TPSA) is 114 Å². The van der Waals surface area contributed by atoms with E-state index in [1.165, 1.54) is 0 Å². The fraction of sp³-hybridized carbons (Fsp3) is 0.227. The number of nitrogens with one attached hydrogen (secondary N) is 1. The van der Waals surface area contributed by atoms with Crippen LogP contribution in [-0.2, 0) is 4.79 Å². The van der Waals surface area contributed by atoms with E-state index in [4.69, 9.17) is 25.0 Å². The first-order chi connectivity index (χ1) is 15.0. The average molecular weight is 421 g/mol. The normalized spacial score (nSPS) is 15.2. The van der Waals surface area contributed by atoms with Crippen molar-refractivity contribution in [1.29, 1.82) is 0 Å². The number of rotatable bonds is 6. The molecule has 0 aliphatic carbocycles. The lowest BCUT2D eigenvalue weighted by Crippen LogP contribution is -2.31. The summed E-state index contributed by atoms with van der Waals surface area (Å²) in [6.45, 7) is 1.80. The number of amides is 1. The number of ether oxygens (including phenoxy) is 3. The molecule has 0 spiro atoms. The van der Waals surface area contributed by atoms with E-state index in [1.807, 2.05) is 30.3 Å². The molecule has 3 N–H and O–H groups in total. The molecule has 9 nitrogen and oxygen atoms in total. The summed E-state index contributed by atoms with van der Waals surface area (Å²) in [5, 5.41) is 7.84. The zero-order valence-electron chi connectivity index (χ0n) is 17.7. The van der Waals surface area contributed by atoms with Gasteiger partial charge in [0.2, 0.25) is 11.9 Å². The molecule has 2 heterocycles. The number of fused-ring (bicyclic) bond motifs is 1. The van der Waals surface area contributed by atoms with Crippen LogP contribution < -0.4 is 25.3 Å². The van der Waals surface area contributed by atoms with Crippen LogP contribution >= 0.6 is 0 Å². The number of anilines is 1. The minimum absolute atomic E-state index is 0.418. The van der Waals surface area contributed by atoms with Gasteiger partial charge in [0, 0.05) is 11.3 Å². The molecule has 1 amide bonds. The van der Waals surface area contributed by atoms with Gasteiger partial charge in [-0.1, -0.05) is 12.1 Å². The molecule has 160 valence electrons. The van der Waals surface area contributed by atoms with Crippen molar-refractivity contribution in [1.82, 2.24) is 14.8 Å². The maximum atomic E-state index is 12.3. The third-order valence-electron chi connectivity index (χ3n) is 5.19. The lowest BCUT2D eigenvalue weighted by Gasteiger charge is -2.27. The molecule has 0 fully saturated rings. The van der Waals surface area contributed by atoms with Gasteiger partial charge < -0.3 is 25.3 Å². The van der Waals surface area contributed by atoms with Crippen LogP contribution in [0.25, 0.3) is 11.4 Å². The van der Waals surface area contributed by atoms with Crippen LogP contribution in [0.5, 0.6) is 17.2 Å². The Balaban J connectivity index is 1.83. The van der Waals surface area contributed by atoms with Crippen molar-refractivity contribution in [3.63, 3.8) is 0 Å². The van der Waals surface area contributed by atoms with Gasteiger partial charge in [-0.3, -0.25) is 4.79 Å². The van der Waals surface area contributed by atoms with Crippen LogP contribution in [0.3, 0.4) is 0 Å².